The molecule has 0 unspecified atom stereocenters. The number of imidazole rings is 1. The van der Waals surface area contributed by atoms with Crippen molar-refractivity contribution in [3.8, 4) is 17.0 Å². The van der Waals surface area contributed by atoms with Crippen LogP contribution in [0.1, 0.15) is 26.6 Å². The van der Waals surface area contributed by atoms with Crippen molar-refractivity contribution in [2.45, 2.75) is 20.5 Å². The first kappa shape index (κ1) is 16.5. The summed E-state index contributed by atoms with van der Waals surface area (Å²) in [6, 6.07) is 15.7. The van der Waals surface area contributed by atoms with Gasteiger partial charge in [0.2, 0.25) is 4.96 Å². The summed E-state index contributed by atoms with van der Waals surface area (Å²) < 4.78 is 7.34. The third kappa shape index (κ3) is 2.99. The first-order chi connectivity index (χ1) is 12.7. The van der Waals surface area contributed by atoms with E-state index >= 15 is 0 Å². The van der Waals surface area contributed by atoms with Crippen LogP contribution in [0, 0.1) is 13.8 Å². The van der Waals surface area contributed by atoms with Crippen LogP contribution < -0.4 is 4.74 Å². The molecule has 0 fully saturated rings. The molecular formula is C20H17N3O2S. The van der Waals surface area contributed by atoms with Crippen LogP contribution in [-0.2, 0) is 6.61 Å². The summed E-state index contributed by atoms with van der Waals surface area (Å²) >= 11 is 1.43. The van der Waals surface area contributed by atoms with Crippen LogP contribution in [0.2, 0.25) is 0 Å². The predicted octanol–water partition coefficient (Wildman–Crippen LogP) is 4.47. The number of fused-ring (bicyclic) bond motifs is 1. The van der Waals surface area contributed by atoms with Gasteiger partial charge in [0.25, 0.3) is 0 Å². The zero-order valence-corrected chi connectivity index (χ0v) is 15.3. The number of carbonyl (C=O) groups is 1. The van der Waals surface area contributed by atoms with E-state index in [-0.39, 0.29) is 0 Å². The number of carbonyl (C=O) groups excluding carboxylic acids is 1. The molecule has 0 radical (unpaired) electrons. The molecule has 0 bridgehead atoms. The second-order valence-electron chi connectivity index (χ2n) is 6.07. The molecule has 130 valence electrons. The van der Waals surface area contributed by atoms with Gasteiger partial charge in [0.15, 0.2) is 11.3 Å². The second kappa shape index (κ2) is 6.72. The van der Waals surface area contributed by atoms with E-state index in [0.717, 1.165) is 28.2 Å². The Balaban J connectivity index is 1.67. The molecule has 0 spiro atoms. The van der Waals surface area contributed by atoms with Crippen LogP contribution in [0.15, 0.2) is 48.5 Å². The maximum atomic E-state index is 11.7. The highest BCUT2D eigenvalue weighted by Crippen LogP contribution is 2.29. The third-order valence-electron chi connectivity index (χ3n) is 4.13. The molecule has 0 aliphatic heterocycles. The van der Waals surface area contributed by atoms with Gasteiger partial charge in [-0.05, 0) is 31.5 Å². The standard InChI is InChI=1S/C20H17N3O2S/c1-13-8-9-16(14(2)10-13)19-17(11-24)23-20(21-19)26-18(22-23)12-25-15-6-4-3-5-7-15/h3-11H,12H2,1-2H3. The fourth-order valence-electron chi connectivity index (χ4n) is 2.91. The molecule has 0 saturated heterocycles. The van der Waals surface area contributed by atoms with Crippen molar-refractivity contribution in [3.63, 3.8) is 0 Å². The number of rotatable bonds is 5. The van der Waals surface area contributed by atoms with Crippen LogP contribution in [0.4, 0.5) is 0 Å². The smallest absolute Gasteiger partial charge is 0.213 e. The number of aromatic nitrogens is 3. The van der Waals surface area contributed by atoms with Crippen molar-refractivity contribution >= 4 is 22.6 Å². The maximum absolute atomic E-state index is 11.7. The molecular weight excluding hydrogens is 346 g/mol. The molecule has 4 aromatic rings. The van der Waals surface area contributed by atoms with Crippen molar-refractivity contribution < 1.29 is 9.53 Å². The van der Waals surface area contributed by atoms with Gasteiger partial charge in [0.1, 0.15) is 23.7 Å². The maximum Gasteiger partial charge on any atom is 0.213 e. The van der Waals surface area contributed by atoms with Crippen molar-refractivity contribution in [2.24, 2.45) is 0 Å². The van der Waals surface area contributed by atoms with Gasteiger partial charge in [-0.1, -0.05) is 53.3 Å². The van der Waals surface area contributed by atoms with Gasteiger partial charge in [-0.2, -0.15) is 9.61 Å². The fourth-order valence-corrected chi connectivity index (χ4v) is 3.72. The molecule has 5 nitrogen and oxygen atoms in total. The Labute approximate surface area is 154 Å². The van der Waals surface area contributed by atoms with E-state index in [0.29, 0.717) is 23.0 Å². The number of aryl methyl sites for hydroxylation is 2. The summed E-state index contributed by atoms with van der Waals surface area (Å²) in [5.74, 6) is 0.784. The predicted molar refractivity (Wildman–Crippen MR) is 102 cm³/mol. The lowest BCUT2D eigenvalue weighted by molar-refractivity contribution is 0.111. The van der Waals surface area contributed by atoms with E-state index in [2.05, 4.69) is 16.1 Å². The first-order valence-corrected chi connectivity index (χ1v) is 9.06. The fraction of sp³-hybridized carbons (Fsp3) is 0.150. The molecule has 0 aliphatic carbocycles. The molecule has 0 amide bonds. The topological polar surface area (TPSA) is 56.5 Å². The SMILES string of the molecule is Cc1ccc(-c2nc3sc(COc4ccccc4)nn3c2C=O)c(C)c1. The molecule has 2 aromatic heterocycles. The largest absolute Gasteiger partial charge is 0.486 e. The number of hydrogen-bond acceptors (Lipinski definition) is 5. The highest BCUT2D eigenvalue weighted by molar-refractivity contribution is 7.16. The average molecular weight is 363 g/mol. The van der Waals surface area contributed by atoms with Gasteiger partial charge in [-0.15, -0.1) is 0 Å². The summed E-state index contributed by atoms with van der Waals surface area (Å²) in [4.78, 5) is 17.1. The van der Waals surface area contributed by atoms with Crippen LogP contribution in [0.25, 0.3) is 16.2 Å². The zero-order valence-electron chi connectivity index (χ0n) is 14.5. The van der Waals surface area contributed by atoms with E-state index in [1.165, 1.54) is 16.9 Å². The van der Waals surface area contributed by atoms with Crippen LogP contribution >= 0.6 is 11.3 Å². The number of aldehydes is 1. The Hall–Kier alpha value is -2.99. The molecule has 6 heteroatoms. The molecule has 0 N–H and O–H groups in total. The number of nitrogens with zero attached hydrogens (tertiary/aromatic N) is 3. The lowest BCUT2D eigenvalue weighted by atomic mass is 10.0. The average Bonchev–Trinajstić information content (AvgIpc) is 3.18. The van der Waals surface area contributed by atoms with Crippen molar-refractivity contribution in [1.29, 1.82) is 0 Å². The lowest BCUT2D eigenvalue weighted by Crippen LogP contribution is -1.99. The van der Waals surface area contributed by atoms with Gasteiger partial charge in [-0.25, -0.2) is 4.98 Å². The highest BCUT2D eigenvalue weighted by Gasteiger charge is 2.19. The number of benzene rings is 2. The number of ether oxygens (including phenoxy) is 1. The highest BCUT2D eigenvalue weighted by atomic mass is 32.1. The first-order valence-electron chi connectivity index (χ1n) is 8.25. The quantitative estimate of drug-likeness (QED) is 0.491. The normalized spacial score (nSPS) is 11.0. The summed E-state index contributed by atoms with van der Waals surface area (Å²) in [5.41, 5.74) is 4.36. The molecule has 0 saturated carbocycles. The van der Waals surface area contributed by atoms with Gasteiger partial charge in [0.05, 0.1) is 0 Å². The zero-order chi connectivity index (χ0) is 18.1. The minimum absolute atomic E-state index is 0.342. The minimum Gasteiger partial charge on any atom is -0.486 e. The number of hydrogen-bond donors (Lipinski definition) is 0. The van der Waals surface area contributed by atoms with Crippen LogP contribution in [0.3, 0.4) is 0 Å². The van der Waals surface area contributed by atoms with E-state index in [9.17, 15) is 4.79 Å². The van der Waals surface area contributed by atoms with Crippen molar-refractivity contribution in [3.05, 3.63) is 70.4 Å². The minimum atomic E-state index is 0.342. The van der Waals surface area contributed by atoms with E-state index < -0.39 is 0 Å². The number of para-hydroxylation sites is 1. The van der Waals surface area contributed by atoms with Gasteiger partial charge in [0, 0.05) is 5.56 Å². The third-order valence-corrected chi connectivity index (χ3v) is 5.02. The second-order valence-corrected chi connectivity index (χ2v) is 7.11. The monoisotopic (exact) mass is 363 g/mol. The van der Waals surface area contributed by atoms with E-state index in [1.54, 1.807) is 4.52 Å². The Morgan fingerprint density at radius 1 is 1.15 bits per heavy atom. The van der Waals surface area contributed by atoms with Crippen molar-refractivity contribution in [2.75, 3.05) is 0 Å². The van der Waals surface area contributed by atoms with Crippen LogP contribution in [0.5, 0.6) is 5.75 Å². The Morgan fingerprint density at radius 2 is 1.96 bits per heavy atom. The Morgan fingerprint density at radius 3 is 2.69 bits per heavy atom. The van der Waals surface area contributed by atoms with E-state index in [1.807, 2.05) is 56.3 Å². The summed E-state index contributed by atoms with van der Waals surface area (Å²) in [6.45, 7) is 4.41. The van der Waals surface area contributed by atoms with Gasteiger partial charge >= 0.3 is 0 Å². The molecule has 0 aliphatic rings. The Bertz CT molecular complexity index is 1080. The summed E-state index contributed by atoms with van der Waals surface area (Å²) in [7, 11) is 0. The van der Waals surface area contributed by atoms with Crippen LogP contribution in [-0.4, -0.2) is 20.9 Å². The molecule has 4 rings (SSSR count). The van der Waals surface area contributed by atoms with Gasteiger partial charge in [-0.3, -0.25) is 4.79 Å². The lowest BCUT2D eigenvalue weighted by Gasteiger charge is -2.05. The summed E-state index contributed by atoms with van der Waals surface area (Å²) in [6.07, 6.45) is 0.816. The van der Waals surface area contributed by atoms with Crippen molar-refractivity contribution in [1.82, 2.24) is 14.6 Å². The van der Waals surface area contributed by atoms with E-state index in [4.69, 9.17) is 4.74 Å². The van der Waals surface area contributed by atoms with Gasteiger partial charge < -0.3 is 4.74 Å². The molecule has 26 heavy (non-hydrogen) atoms. The molecule has 2 heterocycles. The molecule has 0 atom stereocenters. The molecule has 2 aromatic carbocycles. The summed E-state index contributed by atoms with van der Waals surface area (Å²) in [5, 5.41) is 5.28. The Kier molecular flexibility index (Phi) is 4.26.